The van der Waals surface area contributed by atoms with Gasteiger partial charge in [0.2, 0.25) is 5.91 Å². The van der Waals surface area contributed by atoms with Crippen LogP contribution in [0.1, 0.15) is 46.6 Å². The van der Waals surface area contributed by atoms with E-state index in [1.807, 2.05) is 6.92 Å². The number of nitrogens with one attached hydrogen (secondary N) is 1. The maximum atomic E-state index is 12.4. The highest BCUT2D eigenvalue weighted by atomic mass is 32.1. The lowest BCUT2D eigenvalue weighted by Gasteiger charge is -2.34. The lowest BCUT2D eigenvalue weighted by Crippen LogP contribution is -2.49. The van der Waals surface area contributed by atoms with E-state index < -0.39 is 5.41 Å². The smallest absolute Gasteiger partial charge is 0.263 e. The van der Waals surface area contributed by atoms with Gasteiger partial charge in [-0.1, -0.05) is 6.92 Å². The first-order chi connectivity index (χ1) is 10.5. The number of primary amides is 1. The van der Waals surface area contributed by atoms with Gasteiger partial charge in [0.25, 0.3) is 5.91 Å². The maximum Gasteiger partial charge on any atom is 0.263 e. The molecule has 1 aliphatic rings. The fraction of sp³-hybridized carbons (Fsp3) is 0.667. The van der Waals surface area contributed by atoms with Crippen molar-refractivity contribution in [1.29, 1.82) is 0 Å². The Morgan fingerprint density at radius 1 is 1.41 bits per heavy atom. The number of thiazole rings is 1. The van der Waals surface area contributed by atoms with E-state index in [1.54, 1.807) is 0 Å². The van der Waals surface area contributed by atoms with Crippen LogP contribution in [0, 0.1) is 12.3 Å². The first-order valence-electron chi connectivity index (χ1n) is 7.60. The molecule has 0 aliphatic carbocycles. The Balaban J connectivity index is 2.03. The number of hydrogen-bond acceptors (Lipinski definition) is 5. The lowest BCUT2D eigenvalue weighted by molar-refractivity contribution is -0.132. The summed E-state index contributed by atoms with van der Waals surface area (Å²) in [4.78, 5) is 29.2. The Morgan fingerprint density at radius 2 is 2.09 bits per heavy atom. The molecule has 1 fully saturated rings. The van der Waals surface area contributed by atoms with Crippen molar-refractivity contribution in [3.05, 3.63) is 15.6 Å². The summed E-state index contributed by atoms with van der Waals surface area (Å²) >= 11 is 1.42. The number of aromatic nitrogens is 1. The van der Waals surface area contributed by atoms with E-state index in [4.69, 9.17) is 10.5 Å². The number of nitrogens with two attached hydrogens (primary N) is 1. The Hall–Kier alpha value is -1.47. The first-order valence-corrected chi connectivity index (χ1v) is 8.42. The molecule has 0 unspecified atom stereocenters. The second kappa shape index (κ2) is 7.19. The highest BCUT2D eigenvalue weighted by Crippen LogP contribution is 2.29. The molecular formula is C15H23N3O3S. The molecule has 2 heterocycles. The van der Waals surface area contributed by atoms with Gasteiger partial charge in [-0.05, 0) is 32.6 Å². The van der Waals surface area contributed by atoms with E-state index in [2.05, 4.69) is 17.2 Å². The van der Waals surface area contributed by atoms with Crippen LogP contribution < -0.4 is 11.1 Å². The quantitative estimate of drug-likeness (QED) is 0.827. The minimum Gasteiger partial charge on any atom is -0.381 e. The molecule has 0 radical (unpaired) electrons. The molecular weight excluding hydrogens is 302 g/mol. The summed E-state index contributed by atoms with van der Waals surface area (Å²) in [6.45, 7) is 5.17. The predicted octanol–water partition coefficient (Wildman–Crippen LogP) is 1.42. The van der Waals surface area contributed by atoms with E-state index >= 15 is 0 Å². The van der Waals surface area contributed by atoms with Crippen molar-refractivity contribution >= 4 is 23.2 Å². The average Bonchev–Trinajstić information content (AvgIpc) is 2.87. The van der Waals surface area contributed by atoms with Gasteiger partial charge >= 0.3 is 0 Å². The SMILES string of the molecule is CCCc1nc(C)c(C(=O)NCC2(C(N)=O)CCOCC2)s1. The molecule has 122 valence electrons. The van der Waals surface area contributed by atoms with Crippen LogP contribution in [0.3, 0.4) is 0 Å². The van der Waals surface area contributed by atoms with Gasteiger partial charge in [-0.15, -0.1) is 11.3 Å². The summed E-state index contributed by atoms with van der Waals surface area (Å²) in [7, 11) is 0. The molecule has 6 nitrogen and oxygen atoms in total. The molecule has 0 saturated carbocycles. The standard InChI is InChI=1S/C15H23N3O3S/c1-3-4-11-18-10(2)12(22-11)13(19)17-9-15(14(16)20)5-7-21-8-6-15/h3-9H2,1-2H3,(H2,16,20)(H,17,19). The van der Waals surface area contributed by atoms with Crippen LogP contribution in [-0.4, -0.2) is 36.6 Å². The van der Waals surface area contributed by atoms with Crippen molar-refractivity contribution in [2.24, 2.45) is 11.1 Å². The number of carbonyl (C=O) groups is 2. The van der Waals surface area contributed by atoms with E-state index in [0.717, 1.165) is 23.5 Å². The van der Waals surface area contributed by atoms with Crippen molar-refractivity contribution in [3.63, 3.8) is 0 Å². The number of carbonyl (C=O) groups excluding carboxylic acids is 2. The lowest BCUT2D eigenvalue weighted by atomic mass is 9.79. The second-order valence-electron chi connectivity index (χ2n) is 5.71. The summed E-state index contributed by atoms with van der Waals surface area (Å²) in [6, 6.07) is 0. The Kier molecular flexibility index (Phi) is 5.52. The zero-order chi connectivity index (χ0) is 16.2. The predicted molar refractivity (Wildman–Crippen MR) is 84.9 cm³/mol. The molecule has 0 atom stereocenters. The van der Waals surface area contributed by atoms with Gasteiger partial charge in [0.15, 0.2) is 0 Å². The number of hydrogen-bond donors (Lipinski definition) is 2. The van der Waals surface area contributed by atoms with Crippen molar-refractivity contribution in [3.8, 4) is 0 Å². The van der Waals surface area contributed by atoms with Gasteiger partial charge in [0.1, 0.15) is 4.88 Å². The number of nitrogens with zero attached hydrogens (tertiary/aromatic N) is 1. The van der Waals surface area contributed by atoms with Gasteiger partial charge in [-0.2, -0.15) is 0 Å². The maximum absolute atomic E-state index is 12.4. The molecule has 2 amide bonds. The highest BCUT2D eigenvalue weighted by Gasteiger charge is 2.38. The summed E-state index contributed by atoms with van der Waals surface area (Å²) in [5.41, 5.74) is 5.59. The second-order valence-corrected chi connectivity index (χ2v) is 6.80. The summed E-state index contributed by atoms with van der Waals surface area (Å²) in [5, 5.41) is 3.84. The van der Waals surface area contributed by atoms with Gasteiger partial charge < -0.3 is 15.8 Å². The number of aryl methyl sites for hydroxylation is 2. The van der Waals surface area contributed by atoms with Crippen LogP contribution in [0.4, 0.5) is 0 Å². The summed E-state index contributed by atoms with van der Waals surface area (Å²) in [5.74, 6) is -0.548. The molecule has 1 aliphatic heterocycles. The molecule has 1 saturated heterocycles. The topological polar surface area (TPSA) is 94.3 Å². The molecule has 1 aromatic heterocycles. The number of rotatable bonds is 6. The van der Waals surface area contributed by atoms with Gasteiger partial charge in [0, 0.05) is 19.8 Å². The third-order valence-electron chi connectivity index (χ3n) is 4.07. The van der Waals surface area contributed by atoms with Crippen LogP contribution in [0.15, 0.2) is 0 Å². The Morgan fingerprint density at radius 3 is 2.68 bits per heavy atom. The molecule has 1 aromatic rings. The minimum atomic E-state index is -0.696. The monoisotopic (exact) mass is 325 g/mol. The average molecular weight is 325 g/mol. The van der Waals surface area contributed by atoms with Crippen molar-refractivity contribution in [2.75, 3.05) is 19.8 Å². The van der Waals surface area contributed by atoms with Crippen LogP contribution in [0.2, 0.25) is 0 Å². The molecule has 7 heteroatoms. The van der Waals surface area contributed by atoms with E-state index in [0.29, 0.717) is 30.9 Å². The molecule has 0 aromatic carbocycles. The summed E-state index contributed by atoms with van der Waals surface area (Å²) < 4.78 is 5.29. The number of amides is 2. The zero-order valence-electron chi connectivity index (χ0n) is 13.1. The minimum absolute atomic E-state index is 0.176. The van der Waals surface area contributed by atoms with Crippen molar-refractivity contribution in [2.45, 2.75) is 39.5 Å². The zero-order valence-corrected chi connectivity index (χ0v) is 13.9. The van der Waals surface area contributed by atoms with Gasteiger partial charge in [0.05, 0.1) is 16.1 Å². The normalized spacial score (nSPS) is 17.2. The van der Waals surface area contributed by atoms with Crippen LogP contribution in [0.25, 0.3) is 0 Å². The Bertz CT molecular complexity index is 550. The van der Waals surface area contributed by atoms with Crippen LogP contribution >= 0.6 is 11.3 Å². The molecule has 22 heavy (non-hydrogen) atoms. The molecule has 0 bridgehead atoms. The van der Waals surface area contributed by atoms with E-state index in [-0.39, 0.29) is 18.4 Å². The fourth-order valence-electron chi connectivity index (χ4n) is 2.59. The third kappa shape index (κ3) is 3.64. The van der Waals surface area contributed by atoms with Crippen LogP contribution in [-0.2, 0) is 16.0 Å². The van der Waals surface area contributed by atoms with E-state index in [9.17, 15) is 9.59 Å². The number of ether oxygens (including phenoxy) is 1. The largest absolute Gasteiger partial charge is 0.381 e. The van der Waals surface area contributed by atoms with Crippen molar-refractivity contribution < 1.29 is 14.3 Å². The van der Waals surface area contributed by atoms with Crippen LogP contribution in [0.5, 0.6) is 0 Å². The molecule has 2 rings (SSSR count). The van der Waals surface area contributed by atoms with Crippen molar-refractivity contribution in [1.82, 2.24) is 10.3 Å². The third-order valence-corrected chi connectivity index (χ3v) is 5.29. The van der Waals surface area contributed by atoms with E-state index in [1.165, 1.54) is 11.3 Å². The Labute approximate surface area is 134 Å². The van der Waals surface area contributed by atoms with Gasteiger partial charge in [-0.25, -0.2) is 4.98 Å². The summed E-state index contributed by atoms with van der Waals surface area (Å²) in [6.07, 6.45) is 2.97. The molecule has 3 N–H and O–H groups in total. The fourth-order valence-corrected chi connectivity index (χ4v) is 3.67. The van der Waals surface area contributed by atoms with Gasteiger partial charge in [-0.3, -0.25) is 9.59 Å². The molecule has 0 spiro atoms. The first kappa shape index (κ1) is 16.9. The highest BCUT2D eigenvalue weighted by molar-refractivity contribution is 7.13.